The van der Waals surface area contributed by atoms with Crippen molar-refractivity contribution in [3.63, 3.8) is 0 Å². The van der Waals surface area contributed by atoms with Crippen LogP contribution in [-0.4, -0.2) is 16.6 Å². The molecule has 23 heavy (non-hydrogen) atoms. The zero-order valence-corrected chi connectivity index (χ0v) is 13.3. The smallest absolute Gasteiger partial charge is 0.259 e. The molecule has 0 aliphatic heterocycles. The zero-order valence-electron chi connectivity index (χ0n) is 12.5. The molecule has 0 saturated carbocycles. The summed E-state index contributed by atoms with van der Waals surface area (Å²) in [4.78, 5) is 19.2. The Labute approximate surface area is 138 Å². The molecule has 1 N–H and O–H groups in total. The van der Waals surface area contributed by atoms with E-state index < -0.39 is 0 Å². The summed E-state index contributed by atoms with van der Waals surface area (Å²) in [5.41, 5.74) is 1.28. The van der Waals surface area contributed by atoms with Gasteiger partial charge >= 0.3 is 0 Å². The van der Waals surface area contributed by atoms with Crippen LogP contribution in [0.5, 0.6) is 5.75 Å². The molecule has 0 unspecified atom stereocenters. The first-order valence-electron chi connectivity index (χ1n) is 7.27. The van der Waals surface area contributed by atoms with E-state index in [1.54, 1.807) is 24.3 Å². The number of aromatic nitrogens is 2. The van der Waals surface area contributed by atoms with Crippen molar-refractivity contribution >= 4 is 33.6 Å². The van der Waals surface area contributed by atoms with Gasteiger partial charge in [0.05, 0.1) is 22.5 Å². The second-order valence-electron chi connectivity index (χ2n) is 4.93. The molecule has 4 nitrogen and oxygen atoms in total. The summed E-state index contributed by atoms with van der Waals surface area (Å²) in [6.45, 7) is 2.53. The standard InChI is InChI=1S/C18H15ClN2O2/c1-2-23-13-7-5-6-12(10-13)11-15(19)17-20-16-9-4-3-8-14(16)18(22)21-17/h3-11H,2H2,1H3,(H,20,21,22). The number of nitrogens with zero attached hydrogens (tertiary/aromatic N) is 1. The lowest BCUT2D eigenvalue weighted by Crippen LogP contribution is -2.10. The molecule has 3 rings (SSSR count). The van der Waals surface area contributed by atoms with Crippen LogP contribution in [-0.2, 0) is 0 Å². The molecule has 0 fully saturated rings. The van der Waals surface area contributed by atoms with Crippen LogP contribution < -0.4 is 10.3 Å². The molecular weight excluding hydrogens is 312 g/mol. The molecule has 5 heteroatoms. The summed E-state index contributed by atoms with van der Waals surface area (Å²) in [5, 5.41) is 0.903. The van der Waals surface area contributed by atoms with E-state index >= 15 is 0 Å². The monoisotopic (exact) mass is 326 g/mol. The van der Waals surface area contributed by atoms with Gasteiger partial charge < -0.3 is 9.72 Å². The topological polar surface area (TPSA) is 55.0 Å². The van der Waals surface area contributed by atoms with E-state index in [0.29, 0.717) is 28.4 Å². The highest BCUT2D eigenvalue weighted by Gasteiger charge is 2.06. The summed E-state index contributed by atoms with van der Waals surface area (Å²) >= 11 is 6.33. The Morgan fingerprint density at radius 2 is 2.09 bits per heavy atom. The van der Waals surface area contributed by atoms with Gasteiger partial charge in [-0.25, -0.2) is 4.98 Å². The minimum Gasteiger partial charge on any atom is -0.494 e. The van der Waals surface area contributed by atoms with Gasteiger partial charge in [-0.1, -0.05) is 35.9 Å². The number of fused-ring (bicyclic) bond motifs is 1. The van der Waals surface area contributed by atoms with Crippen molar-refractivity contribution in [3.8, 4) is 5.75 Å². The van der Waals surface area contributed by atoms with E-state index in [1.165, 1.54) is 0 Å². The maximum absolute atomic E-state index is 12.1. The highest BCUT2D eigenvalue weighted by atomic mass is 35.5. The minimum atomic E-state index is -0.208. The van der Waals surface area contributed by atoms with Gasteiger partial charge in [0.25, 0.3) is 5.56 Å². The van der Waals surface area contributed by atoms with Crippen LogP contribution in [0.25, 0.3) is 22.0 Å². The number of rotatable bonds is 4. The SMILES string of the molecule is CCOc1cccc(C=C(Cl)c2nc3ccccc3c(=O)[nH]2)c1. The fourth-order valence-electron chi connectivity index (χ4n) is 2.27. The van der Waals surface area contributed by atoms with E-state index in [9.17, 15) is 4.79 Å². The molecule has 0 bridgehead atoms. The Balaban J connectivity index is 2.01. The molecule has 1 heterocycles. The third-order valence-electron chi connectivity index (χ3n) is 3.30. The van der Waals surface area contributed by atoms with Crippen molar-refractivity contribution in [3.05, 3.63) is 70.3 Å². The Morgan fingerprint density at radius 3 is 2.91 bits per heavy atom. The zero-order chi connectivity index (χ0) is 16.2. The molecule has 116 valence electrons. The Bertz CT molecular complexity index is 931. The maximum atomic E-state index is 12.1. The number of H-pyrrole nitrogens is 1. The van der Waals surface area contributed by atoms with Gasteiger partial charge in [0.2, 0.25) is 0 Å². The van der Waals surface area contributed by atoms with E-state index in [-0.39, 0.29) is 5.56 Å². The predicted octanol–water partition coefficient (Wildman–Crippen LogP) is 4.06. The van der Waals surface area contributed by atoms with Crippen LogP contribution in [0.3, 0.4) is 0 Å². The summed E-state index contributed by atoms with van der Waals surface area (Å²) in [7, 11) is 0. The highest BCUT2D eigenvalue weighted by Crippen LogP contribution is 2.22. The summed E-state index contributed by atoms with van der Waals surface area (Å²) < 4.78 is 5.46. The van der Waals surface area contributed by atoms with Gasteiger partial charge in [0.15, 0.2) is 5.82 Å². The lowest BCUT2D eigenvalue weighted by Gasteiger charge is -2.05. The molecule has 1 aromatic heterocycles. The summed E-state index contributed by atoms with van der Waals surface area (Å²) in [6, 6.07) is 14.7. The number of nitrogens with one attached hydrogen (secondary N) is 1. The van der Waals surface area contributed by atoms with Crippen LogP contribution in [0.2, 0.25) is 0 Å². The number of hydrogen-bond acceptors (Lipinski definition) is 3. The maximum Gasteiger partial charge on any atom is 0.259 e. The highest BCUT2D eigenvalue weighted by molar-refractivity contribution is 6.50. The second-order valence-corrected chi connectivity index (χ2v) is 5.34. The van der Waals surface area contributed by atoms with E-state index in [4.69, 9.17) is 16.3 Å². The first-order chi connectivity index (χ1) is 11.2. The first kappa shape index (κ1) is 15.3. The lowest BCUT2D eigenvalue weighted by atomic mass is 10.2. The average Bonchev–Trinajstić information content (AvgIpc) is 2.55. The number of halogens is 1. The lowest BCUT2D eigenvalue weighted by molar-refractivity contribution is 0.340. The van der Waals surface area contributed by atoms with Crippen molar-refractivity contribution in [2.45, 2.75) is 6.92 Å². The second kappa shape index (κ2) is 6.67. The molecule has 0 spiro atoms. The number of aromatic amines is 1. The van der Waals surface area contributed by atoms with Crippen LogP contribution >= 0.6 is 11.6 Å². The van der Waals surface area contributed by atoms with Crippen LogP contribution in [0, 0.1) is 0 Å². The van der Waals surface area contributed by atoms with Gasteiger partial charge in [-0.2, -0.15) is 0 Å². The largest absolute Gasteiger partial charge is 0.494 e. The summed E-state index contributed by atoms with van der Waals surface area (Å²) in [6.07, 6.45) is 1.75. The molecule has 0 radical (unpaired) electrons. The molecule has 0 aliphatic rings. The molecule has 0 atom stereocenters. The average molecular weight is 327 g/mol. The Hall–Kier alpha value is -2.59. The van der Waals surface area contributed by atoms with E-state index in [1.807, 2.05) is 37.3 Å². The molecule has 0 aliphatic carbocycles. The summed E-state index contributed by atoms with van der Waals surface area (Å²) in [5.74, 6) is 1.11. The normalized spacial score (nSPS) is 11.7. The number of ether oxygens (including phenoxy) is 1. The Kier molecular flexibility index (Phi) is 4.44. The molecule has 0 amide bonds. The molecular formula is C18H15ClN2O2. The van der Waals surface area contributed by atoms with Crippen molar-refractivity contribution in [2.75, 3.05) is 6.61 Å². The first-order valence-corrected chi connectivity index (χ1v) is 7.64. The third-order valence-corrected chi connectivity index (χ3v) is 3.59. The van der Waals surface area contributed by atoms with Crippen molar-refractivity contribution in [1.29, 1.82) is 0 Å². The van der Waals surface area contributed by atoms with E-state index in [2.05, 4.69) is 9.97 Å². The number of hydrogen-bond donors (Lipinski definition) is 1. The minimum absolute atomic E-state index is 0.208. The van der Waals surface area contributed by atoms with Gasteiger partial charge in [-0.15, -0.1) is 0 Å². The molecule has 0 saturated heterocycles. The van der Waals surface area contributed by atoms with Gasteiger partial charge in [-0.05, 0) is 42.8 Å². The van der Waals surface area contributed by atoms with Crippen LogP contribution in [0.15, 0.2) is 53.3 Å². The van der Waals surface area contributed by atoms with E-state index in [0.717, 1.165) is 11.3 Å². The van der Waals surface area contributed by atoms with Gasteiger partial charge in [0, 0.05) is 0 Å². The van der Waals surface area contributed by atoms with Crippen molar-refractivity contribution in [2.24, 2.45) is 0 Å². The molecule has 2 aromatic carbocycles. The third kappa shape index (κ3) is 3.43. The van der Waals surface area contributed by atoms with Gasteiger partial charge in [-0.3, -0.25) is 4.79 Å². The number of benzene rings is 2. The number of para-hydroxylation sites is 1. The van der Waals surface area contributed by atoms with Gasteiger partial charge in [0.1, 0.15) is 5.75 Å². The molecule has 3 aromatic rings. The fourth-order valence-corrected chi connectivity index (χ4v) is 2.49. The predicted molar refractivity (Wildman–Crippen MR) is 93.7 cm³/mol. The van der Waals surface area contributed by atoms with Crippen LogP contribution in [0.4, 0.5) is 0 Å². The quantitative estimate of drug-likeness (QED) is 0.786. The van der Waals surface area contributed by atoms with Crippen molar-refractivity contribution in [1.82, 2.24) is 9.97 Å². The fraction of sp³-hybridized carbons (Fsp3) is 0.111. The van der Waals surface area contributed by atoms with Crippen LogP contribution in [0.1, 0.15) is 18.3 Å². The van der Waals surface area contributed by atoms with Crippen molar-refractivity contribution < 1.29 is 4.74 Å². The Morgan fingerprint density at radius 1 is 1.26 bits per heavy atom.